The normalized spacial score (nSPS) is 21.3. The zero-order chi connectivity index (χ0) is 11.7. The van der Waals surface area contributed by atoms with Crippen molar-refractivity contribution in [2.45, 2.75) is 13.3 Å². The summed E-state index contributed by atoms with van der Waals surface area (Å²) in [6.07, 6.45) is 0.444. The molecule has 1 aromatic carbocycles. The molecule has 1 atom stereocenters. The van der Waals surface area contributed by atoms with Crippen molar-refractivity contribution < 1.29 is 13.6 Å². The highest BCUT2D eigenvalue weighted by Gasteiger charge is 2.23. The van der Waals surface area contributed by atoms with Gasteiger partial charge in [0.05, 0.1) is 0 Å². The maximum Gasteiger partial charge on any atom is 0.139 e. The molecule has 0 spiro atoms. The van der Waals surface area contributed by atoms with Crippen LogP contribution in [-0.2, 0) is 4.79 Å². The van der Waals surface area contributed by atoms with Gasteiger partial charge in [0.2, 0.25) is 0 Å². The van der Waals surface area contributed by atoms with Crippen LogP contribution in [0.5, 0.6) is 0 Å². The van der Waals surface area contributed by atoms with E-state index < -0.39 is 11.6 Å². The van der Waals surface area contributed by atoms with E-state index in [0.717, 1.165) is 6.07 Å². The molecule has 0 radical (unpaired) electrons. The van der Waals surface area contributed by atoms with Gasteiger partial charge in [-0.1, -0.05) is 6.92 Å². The number of anilines is 1. The minimum Gasteiger partial charge on any atom is -0.370 e. The summed E-state index contributed by atoms with van der Waals surface area (Å²) in [5, 5.41) is 0. The molecule has 0 bridgehead atoms. The summed E-state index contributed by atoms with van der Waals surface area (Å²) in [6, 6.07) is 3.44. The largest absolute Gasteiger partial charge is 0.370 e. The Balaban J connectivity index is 2.21. The number of ketones is 1. The van der Waals surface area contributed by atoms with Crippen molar-refractivity contribution in [1.82, 2.24) is 0 Å². The number of carbonyl (C=O) groups is 1. The molecule has 1 heterocycles. The predicted molar refractivity (Wildman–Crippen MR) is 57.4 cm³/mol. The van der Waals surface area contributed by atoms with E-state index in [1.807, 2.05) is 11.8 Å². The average molecular weight is 225 g/mol. The third kappa shape index (κ3) is 2.21. The van der Waals surface area contributed by atoms with E-state index >= 15 is 0 Å². The minimum absolute atomic E-state index is 0.0694. The number of carbonyl (C=O) groups excluding carboxylic acids is 1. The molecule has 0 saturated carbocycles. The molecule has 4 heteroatoms. The molecule has 0 amide bonds. The lowest BCUT2D eigenvalue weighted by Gasteiger charge is -2.31. The number of hydrogen-bond donors (Lipinski definition) is 0. The second-order valence-corrected chi connectivity index (χ2v) is 4.19. The summed E-state index contributed by atoms with van der Waals surface area (Å²) in [5.74, 6) is -1.02. The quantitative estimate of drug-likeness (QED) is 0.731. The van der Waals surface area contributed by atoms with Gasteiger partial charge in [-0.05, 0) is 12.1 Å². The lowest BCUT2D eigenvalue weighted by atomic mass is 9.98. The second kappa shape index (κ2) is 4.20. The molecule has 2 rings (SSSR count). The lowest BCUT2D eigenvalue weighted by Crippen LogP contribution is -2.39. The van der Waals surface area contributed by atoms with Gasteiger partial charge in [0, 0.05) is 37.2 Å². The van der Waals surface area contributed by atoms with Crippen molar-refractivity contribution in [2.24, 2.45) is 5.92 Å². The second-order valence-electron chi connectivity index (χ2n) is 4.19. The lowest BCUT2D eigenvalue weighted by molar-refractivity contribution is -0.122. The molecule has 1 aromatic rings. The third-order valence-electron chi connectivity index (χ3n) is 2.88. The van der Waals surface area contributed by atoms with Gasteiger partial charge in [0.15, 0.2) is 0 Å². The van der Waals surface area contributed by atoms with Crippen LogP contribution in [0.1, 0.15) is 13.3 Å². The first-order chi connectivity index (χ1) is 7.56. The SMILES string of the molecule is CC1CN(c2cc(F)cc(F)c2)CCC1=O. The number of benzene rings is 1. The Morgan fingerprint density at radius 2 is 1.88 bits per heavy atom. The van der Waals surface area contributed by atoms with E-state index in [1.165, 1.54) is 12.1 Å². The Hall–Kier alpha value is -1.45. The van der Waals surface area contributed by atoms with Gasteiger partial charge >= 0.3 is 0 Å². The molecular formula is C12H13F2NO. The number of halogens is 2. The molecule has 16 heavy (non-hydrogen) atoms. The van der Waals surface area contributed by atoms with Crippen LogP contribution in [0.2, 0.25) is 0 Å². The predicted octanol–water partition coefficient (Wildman–Crippen LogP) is 2.38. The molecule has 1 saturated heterocycles. The summed E-state index contributed by atoms with van der Waals surface area (Å²) in [7, 11) is 0. The van der Waals surface area contributed by atoms with Crippen LogP contribution in [0, 0.1) is 17.6 Å². The number of nitrogens with zero attached hydrogens (tertiary/aromatic N) is 1. The summed E-state index contributed by atoms with van der Waals surface area (Å²) in [4.78, 5) is 13.2. The Morgan fingerprint density at radius 3 is 2.44 bits per heavy atom. The Labute approximate surface area is 92.9 Å². The zero-order valence-corrected chi connectivity index (χ0v) is 9.04. The van der Waals surface area contributed by atoms with Crippen molar-refractivity contribution in [3.63, 3.8) is 0 Å². The molecule has 1 aliphatic heterocycles. The number of Topliss-reactive ketones (excluding diaryl/α,β-unsaturated/α-hetero) is 1. The molecule has 1 unspecified atom stereocenters. The van der Waals surface area contributed by atoms with Crippen molar-refractivity contribution in [3.8, 4) is 0 Å². The zero-order valence-electron chi connectivity index (χ0n) is 9.04. The van der Waals surface area contributed by atoms with E-state index in [1.54, 1.807) is 0 Å². The average Bonchev–Trinajstić information content (AvgIpc) is 2.20. The fraction of sp³-hybridized carbons (Fsp3) is 0.417. The number of rotatable bonds is 1. The first-order valence-electron chi connectivity index (χ1n) is 5.30. The molecule has 1 aliphatic rings. The van der Waals surface area contributed by atoms with Gasteiger partial charge in [-0.3, -0.25) is 4.79 Å². The summed E-state index contributed by atoms with van der Waals surface area (Å²) in [5.41, 5.74) is 0.511. The van der Waals surface area contributed by atoms with E-state index in [2.05, 4.69) is 0 Å². The van der Waals surface area contributed by atoms with E-state index in [4.69, 9.17) is 0 Å². The summed E-state index contributed by atoms with van der Waals surface area (Å²) >= 11 is 0. The van der Waals surface area contributed by atoms with Crippen LogP contribution >= 0.6 is 0 Å². The fourth-order valence-corrected chi connectivity index (χ4v) is 1.97. The highest BCUT2D eigenvalue weighted by Crippen LogP contribution is 2.22. The van der Waals surface area contributed by atoms with Crippen LogP contribution in [0.4, 0.5) is 14.5 Å². The van der Waals surface area contributed by atoms with Crippen molar-refractivity contribution in [3.05, 3.63) is 29.8 Å². The standard InChI is InChI=1S/C12H13F2NO/c1-8-7-15(3-2-12(8)16)11-5-9(13)4-10(14)6-11/h4-6,8H,2-3,7H2,1H3. The van der Waals surface area contributed by atoms with E-state index in [0.29, 0.717) is 25.2 Å². The van der Waals surface area contributed by atoms with E-state index in [-0.39, 0.29) is 11.7 Å². The number of piperidine rings is 1. The van der Waals surface area contributed by atoms with Crippen LogP contribution in [0.25, 0.3) is 0 Å². The summed E-state index contributed by atoms with van der Waals surface area (Å²) < 4.78 is 26.0. The molecule has 1 fully saturated rings. The Morgan fingerprint density at radius 1 is 1.25 bits per heavy atom. The van der Waals surface area contributed by atoms with Crippen LogP contribution in [0.3, 0.4) is 0 Å². The first-order valence-corrected chi connectivity index (χ1v) is 5.30. The van der Waals surface area contributed by atoms with Gasteiger partial charge in [-0.2, -0.15) is 0 Å². The van der Waals surface area contributed by atoms with Crippen molar-refractivity contribution >= 4 is 11.5 Å². The maximum atomic E-state index is 13.0. The topological polar surface area (TPSA) is 20.3 Å². The Kier molecular flexibility index (Phi) is 2.90. The minimum atomic E-state index is -0.584. The molecule has 2 nitrogen and oxygen atoms in total. The smallest absolute Gasteiger partial charge is 0.139 e. The highest BCUT2D eigenvalue weighted by atomic mass is 19.1. The van der Waals surface area contributed by atoms with E-state index in [9.17, 15) is 13.6 Å². The first kappa shape index (κ1) is 11.0. The van der Waals surface area contributed by atoms with Gasteiger partial charge in [0.25, 0.3) is 0 Å². The third-order valence-corrected chi connectivity index (χ3v) is 2.88. The Bertz CT molecular complexity index is 399. The van der Waals surface area contributed by atoms with Gasteiger partial charge in [-0.15, -0.1) is 0 Å². The number of hydrogen-bond acceptors (Lipinski definition) is 2. The fourth-order valence-electron chi connectivity index (χ4n) is 1.97. The van der Waals surface area contributed by atoms with Crippen molar-refractivity contribution in [1.29, 1.82) is 0 Å². The van der Waals surface area contributed by atoms with Crippen molar-refractivity contribution in [2.75, 3.05) is 18.0 Å². The molecular weight excluding hydrogens is 212 g/mol. The maximum absolute atomic E-state index is 13.0. The van der Waals surface area contributed by atoms with Crippen LogP contribution in [0.15, 0.2) is 18.2 Å². The van der Waals surface area contributed by atoms with Gasteiger partial charge < -0.3 is 4.90 Å². The summed E-state index contributed by atoms with van der Waals surface area (Å²) in [6.45, 7) is 2.90. The van der Waals surface area contributed by atoms with Crippen LogP contribution in [-0.4, -0.2) is 18.9 Å². The van der Waals surface area contributed by atoms with Crippen LogP contribution < -0.4 is 4.90 Å². The monoisotopic (exact) mass is 225 g/mol. The molecule has 0 aliphatic carbocycles. The van der Waals surface area contributed by atoms with Gasteiger partial charge in [-0.25, -0.2) is 8.78 Å². The molecule has 0 N–H and O–H groups in total. The van der Waals surface area contributed by atoms with Gasteiger partial charge in [0.1, 0.15) is 17.4 Å². The molecule has 0 aromatic heterocycles. The highest BCUT2D eigenvalue weighted by molar-refractivity contribution is 5.83. The molecule has 86 valence electrons.